The maximum Gasteiger partial charge on any atom is 0.348 e. The highest BCUT2D eigenvalue weighted by Crippen LogP contribution is 2.11. The number of aryl methyl sites for hydroxylation is 2. The van der Waals surface area contributed by atoms with Crippen LogP contribution < -0.4 is 5.69 Å². The van der Waals surface area contributed by atoms with Crippen LogP contribution in [-0.4, -0.2) is 27.4 Å². The number of likely N-dealkylation sites (N-methyl/N-ethyl adjacent to an activating group) is 1. The van der Waals surface area contributed by atoms with E-state index in [1.54, 1.807) is 36.3 Å². The summed E-state index contributed by atoms with van der Waals surface area (Å²) in [6, 6.07) is 5.74. The molecule has 0 radical (unpaired) electrons. The molecular formula is C14H17N3O2S. The fourth-order valence-electron chi connectivity index (χ4n) is 1.95. The first kappa shape index (κ1) is 14.5. The molecule has 2 rings (SSSR count). The summed E-state index contributed by atoms with van der Waals surface area (Å²) in [7, 11) is 1.74. The lowest BCUT2D eigenvalue weighted by Crippen LogP contribution is -2.35. The highest BCUT2D eigenvalue weighted by molar-refractivity contribution is 7.09. The molecule has 0 aliphatic rings. The van der Waals surface area contributed by atoms with Crippen LogP contribution in [0, 0.1) is 13.8 Å². The van der Waals surface area contributed by atoms with E-state index in [1.807, 2.05) is 24.4 Å². The molecule has 20 heavy (non-hydrogen) atoms. The first-order valence-electron chi connectivity index (χ1n) is 6.29. The Labute approximate surface area is 121 Å². The van der Waals surface area contributed by atoms with Gasteiger partial charge in [-0.2, -0.15) is 4.98 Å². The predicted molar refractivity (Wildman–Crippen MR) is 78.8 cm³/mol. The lowest BCUT2D eigenvalue weighted by Gasteiger charge is -2.17. The molecule has 0 aromatic carbocycles. The normalized spacial score (nSPS) is 10.6. The number of carbonyl (C=O) groups is 1. The Hall–Kier alpha value is -1.95. The molecule has 0 aliphatic carbocycles. The minimum atomic E-state index is -0.375. The van der Waals surface area contributed by atoms with Crippen LogP contribution in [0.15, 0.2) is 28.4 Å². The molecule has 0 fully saturated rings. The van der Waals surface area contributed by atoms with Crippen LogP contribution in [0.25, 0.3) is 0 Å². The maximum atomic E-state index is 12.2. The SMILES string of the molecule is Cc1cc(C)n(CC(=O)N(C)Cc2cccs2)c(=O)n1. The Kier molecular flexibility index (Phi) is 4.34. The fourth-order valence-corrected chi connectivity index (χ4v) is 2.70. The summed E-state index contributed by atoms with van der Waals surface area (Å²) >= 11 is 1.61. The molecule has 0 unspecified atom stereocenters. The molecule has 2 aromatic heterocycles. The molecule has 6 heteroatoms. The van der Waals surface area contributed by atoms with E-state index in [0.29, 0.717) is 12.2 Å². The Bertz CT molecular complexity index is 662. The molecule has 0 spiro atoms. The van der Waals surface area contributed by atoms with Crippen molar-refractivity contribution >= 4 is 17.2 Å². The van der Waals surface area contributed by atoms with Gasteiger partial charge in [-0.25, -0.2) is 4.79 Å². The van der Waals surface area contributed by atoms with Gasteiger partial charge < -0.3 is 4.90 Å². The second-order valence-electron chi connectivity index (χ2n) is 4.74. The molecule has 0 bridgehead atoms. The van der Waals surface area contributed by atoms with E-state index >= 15 is 0 Å². The van der Waals surface area contributed by atoms with Gasteiger partial charge in [0.2, 0.25) is 5.91 Å². The summed E-state index contributed by atoms with van der Waals surface area (Å²) in [5.41, 5.74) is 1.05. The van der Waals surface area contributed by atoms with Crippen LogP contribution in [0.3, 0.4) is 0 Å². The zero-order valence-corrected chi connectivity index (χ0v) is 12.6. The van der Waals surface area contributed by atoms with Crippen LogP contribution in [-0.2, 0) is 17.9 Å². The lowest BCUT2D eigenvalue weighted by atomic mass is 10.3. The zero-order valence-electron chi connectivity index (χ0n) is 11.8. The number of nitrogens with zero attached hydrogens (tertiary/aromatic N) is 3. The van der Waals surface area contributed by atoms with Crippen LogP contribution in [0.4, 0.5) is 0 Å². The van der Waals surface area contributed by atoms with Gasteiger partial charge in [0.15, 0.2) is 0 Å². The van der Waals surface area contributed by atoms with Crippen LogP contribution in [0.5, 0.6) is 0 Å². The van der Waals surface area contributed by atoms with Crippen molar-refractivity contribution in [2.45, 2.75) is 26.9 Å². The summed E-state index contributed by atoms with van der Waals surface area (Å²) in [4.78, 5) is 30.6. The van der Waals surface area contributed by atoms with E-state index in [9.17, 15) is 9.59 Å². The van der Waals surface area contributed by atoms with E-state index in [-0.39, 0.29) is 18.1 Å². The molecule has 0 N–H and O–H groups in total. The largest absolute Gasteiger partial charge is 0.348 e. The van der Waals surface area contributed by atoms with E-state index in [1.165, 1.54) is 4.57 Å². The van der Waals surface area contributed by atoms with Crippen molar-refractivity contribution in [2.75, 3.05) is 7.05 Å². The number of aromatic nitrogens is 2. The zero-order chi connectivity index (χ0) is 14.7. The standard InChI is InChI=1S/C14H17N3O2S/c1-10-7-11(2)17(14(19)15-10)9-13(18)16(3)8-12-5-4-6-20-12/h4-7H,8-9H2,1-3H3. The van der Waals surface area contributed by atoms with Gasteiger partial charge in [0.25, 0.3) is 0 Å². The third kappa shape index (κ3) is 3.33. The van der Waals surface area contributed by atoms with Crippen molar-refractivity contribution in [3.05, 3.63) is 50.3 Å². The third-order valence-corrected chi connectivity index (χ3v) is 3.90. The first-order chi connectivity index (χ1) is 9.47. The van der Waals surface area contributed by atoms with Crippen LogP contribution in [0.1, 0.15) is 16.3 Å². The predicted octanol–water partition coefficient (Wildman–Crippen LogP) is 1.58. The average molecular weight is 291 g/mol. The van der Waals surface area contributed by atoms with Crippen molar-refractivity contribution in [2.24, 2.45) is 0 Å². The van der Waals surface area contributed by atoms with Crippen molar-refractivity contribution in [3.63, 3.8) is 0 Å². The highest BCUT2D eigenvalue weighted by Gasteiger charge is 2.13. The number of carbonyl (C=O) groups excluding carboxylic acids is 1. The summed E-state index contributed by atoms with van der Waals surface area (Å²) < 4.78 is 1.40. The molecule has 1 amide bonds. The van der Waals surface area contributed by atoms with E-state index in [0.717, 1.165) is 10.6 Å². The Morgan fingerprint density at radius 3 is 2.80 bits per heavy atom. The van der Waals surface area contributed by atoms with Gasteiger partial charge in [0.1, 0.15) is 6.54 Å². The number of hydrogen-bond acceptors (Lipinski definition) is 4. The number of hydrogen-bond donors (Lipinski definition) is 0. The number of thiophene rings is 1. The van der Waals surface area contributed by atoms with Gasteiger partial charge in [-0.05, 0) is 31.4 Å². The Morgan fingerprint density at radius 1 is 1.45 bits per heavy atom. The molecule has 2 aromatic rings. The van der Waals surface area contributed by atoms with Crippen LogP contribution >= 0.6 is 11.3 Å². The molecular weight excluding hydrogens is 274 g/mol. The summed E-state index contributed by atoms with van der Waals surface area (Å²) in [5, 5.41) is 1.98. The molecule has 0 saturated heterocycles. The fraction of sp³-hybridized carbons (Fsp3) is 0.357. The van der Waals surface area contributed by atoms with E-state index in [4.69, 9.17) is 0 Å². The van der Waals surface area contributed by atoms with Gasteiger partial charge in [-0.1, -0.05) is 6.07 Å². The molecule has 106 valence electrons. The van der Waals surface area contributed by atoms with Gasteiger partial charge in [0.05, 0.1) is 6.54 Å². The second kappa shape index (κ2) is 6.00. The molecule has 2 heterocycles. The van der Waals surface area contributed by atoms with Crippen molar-refractivity contribution < 1.29 is 4.79 Å². The quantitative estimate of drug-likeness (QED) is 0.859. The monoisotopic (exact) mass is 291 g/mol. The van der Waals surface area contributed by atoms with Gasteiger partial charge in [-0.15, -0.1) is 11.3 Å². The minimum absolute atomic E-state index is 0.0276. The minimum Gasteiger partial charge on any atom is -0.339 e. The van der Waals surface area contributed by atoms with Crippen molar-refractivity contribution in [1.82, 2.24) is 14.5 Å². The maximum absolute atomic E-state index is 12.2. The molecule has 5 nitrogen and oxygen atoms in total. The Balaban J connectivity index is 2.10. The second-order valence-corrected chi connectivity index (χ2v) is 5.77. The van der Waals surface area contributed by atoms with E-state index < -0.39 is 0 Å². The lowest BCUT2D eigenvalue weighted by molar-refractivity contribution is -0.131. The van der Waals surface area contributed by atoms with Crippen molar-refractivity contribution in [3.8, 4) is 0 Å². The van der Waals surface area contributed by atoms with Gasteiger partial charge in [0, 0.05) is 23.3 Å². The first-order valence-corrected chi connectivity index (χ1v) is 7.17. The van der Waals surface area contributed by atoms with Crippen LogP contribution in [0.2, 0.25) is 0 Å². The summed E-state index contributed by atoms with van der Waals surface area (Å²) in [6.45, 7) is 4.16. The van der Waals surface area contributed by atoms with Crippen molar-refractivity contribution in [1.29, 1.82) is 0 Å². The summed E-state index contributed by atoms with van der Waals surface area (Å²) in [5.74, 6) is -0.103. The van der Waals surface area contributed by atoms with E-state index in [2.05, 4.69) is 4.98 Å². The Morgan fingerprint density at radius 2 is 2.20 bits per heavy atom. The number of rotatable bonds is 4. The third-order valence-electron chi connectivity index (χ3n) is 3.04. The molecule has 0 aliphatic heterocycles. The molecule has 0 saturated carbocycles. The average Bonchev–Trinajstić information content (AvgIpc) is 2.86. The summed E-state index contributed by atoms with van der Waals surface area (Å²) in [6.07, 6.45) is 0. The smallest absolute Gasteiger partial charge is 0.339 e. The van der Waals surface area contributed by atoms with Gasteiger partial charge in [-0.3, -0.25) is 9.36 Å². The highest BCUT2D eigenvalue weighted by atomic mass is 32.1. The van der Waals surface area contributed by atoms with Gasteiger partial charge >= 0.3 is 5.69 Å². The number of amides is 1. The topological polar surface area (TPSA) is 55.2 Å². The molecule has 0 atom stereocenters.